The molecule has 1 unspecified atom stereocenters. The summed E-state index contributed by atoms with van der Waals surface area (Å²) in [7, 11) is 0. The number of rotatable bonds is 1. The number of imide groups is 1. The zero-order valence-corrected chi connectivity index (χ0v) is 10.9. The molecule has 1 atom stereocenters. The van der Waals surface area contributed by atoms with Gasteiger partial charge < -0.3 is 5.11 Å². The monoisotopic (exact) mass is 267 g/mol. The van der Waals surface area contributed by atoms with Crippen LogP contribution in [0.15, 0.2) is 48.5 Å². The SMILES string of the molecule is Cc1ccc(N2C(=O)c3ccccc3C(O)C2=O)cc1. The van der Waals surface area contributed by atoms with Gasteiger partial charge in [-0.15, -0.1) is 0 Å². The fourth-order valence-electron chi connectivity index (χ4n) is 2.34. The lowest BCUT2D eigenvalue weighted by molar-refractivity contribution is -0.126. The molecule has 0 saturated carbocycles. The van der Waals surface area contributed by atoms with E-state index in [0.29, 0.717) is 16.8 Å². The Morgan fingerprint density at radius 2 is 1.65 bits per heavy atom. The van der Waals surface area contributed by atoms with E-state index in [0.717, 1.165) is 10.5 Å². The Labute approximate surface area is 116 Å². The van der Waals surface area contributed by atoms with Crippen LogP contribution in [0.5, 0.6) is 0 Å². The van der Waals surface area contributed by atoms with Crippen molar-refractivity contribution in [2.24, 2.45) is 0 Å². The van der Waals surface area contributed by atoms with Crippen LogP contribution in [-0.4, -0.2) is 16.9 Å². The summed E-state index contributed by atoms with van der Waals surface area (Å²) in [6.07, 6.45) is -1.30. The van der Waals surface area contributed by atoms with Gasteiger partial charge in [0, 0.05) is 11.1 Å². The van der Waals surface area contributed by atoms with Crippen LogP contribution in [0.1, 0.15) is 27.6 Å². The van der Waals surface area contributed by atoms with Gasteiger partial charge in [-0.1, -0.05) is 35.9 Å². The second-order valence-corrected chi connectivity index (χ2v) is 4.80. The summed E-state index contributed by atoms with van der Waals surface area (Å²) >= 11 is 0. The Morgan fingerprint density at radius 1 is 1.00 bits per heavy atom. The molecule has 2 amide bonds. The number of amides is 2. The largest absolute Gasteiger partial charge is 0.378 e. The van der Waals surface area contributed by atoms with E-state index in [1.165, 1.54) is 0 Å². The summed E-state index contributed by atoms with van der Waals surface area (Å²) in [5.41, 5.74) is 2.23. The molecule has 4 heteroatoms. The van der Waals surface area contributed by atoms with E-state index in [1.807, 2.05) is 19.1 Å². The van der Waals surface area contributed by atoms with Crippen molar-refractivity contribution in [3.63, 3.8) is 0 Å². The van der Waals surface area contributed by atoms with Crippen LogP contribution in [0.2, 0.25) is 0 Å². The van der Waals surface area contributed by atoms with Gasteiger partial charge in [0.1, 0.15) is 0 Å². The minimum Gasteiger partial charge on any atom is -0.378 e. The first kappa shape index (κ1) is 12.6. The van der Waals surface area contributed by atoms with Crippen LogP contribution < -0.4 is 4.90 Å². The number of carbonyl (C=O) groups excluding carboxylic acids is 2. The average Bonchev–Trinajstić information content (AvgIpc) is 2.47. The molecule has 0 aromatic heterocycles. The number of anilines is 1. The maximum atomic E-state index is 12.5. The van der Waals surface area contributed by atoms with E-state index < -0.39 is 17.9 Å². The third-order valence-corrected chi connectivity index (χ3v) is 3.44. The molecule has 0 fully saturated rings. The van der Waals surface area contributed by atoms with Crippen molar-refractivity contribution in [2.75, 3.05) is 4.90 Å². The van der Waals surface area contributed by atoms with E-state index in [4.69, 9.17) is 0 Å². The van der Waals surface area contributed by atoms with Crippen LogP contribution >= 0.6 is 0 Å². The third-order valence-electron chi connectivity index (χ3n) is 3.44. The fraction of sp³-hybridized carbons (Fsp3) is 0.125. The molecule has 1 heterocycles. The summed E-state index contributed by atoms with van der Waals surface area (Å²) in [4.78, 5) is 25.7. The van der Waals surface area contributed by atoms with Crippen LogP contribution in [0.25, 0.3) is 0 Å². The number of hydrogen-bond donors (Lipinski definition) is 1. The molecule has 20 heavy (non-hydrogen) atoms. The zero-order valence-electron chi connectivity index (χ0n) is 10.9. The number of carbonyl (C=O) groups is 2. The first-order chi connectivity index (χ1) is 9.59. The Bertz CT molecular complexity index is 691. The van der Waals surface area contributed by atoms with Crippen molar-refractivity contribution in [3.05, 3.63) is 65.2 Å². The van der Waals surface area contributed by atoms with Gasteiger partial charge in [0.25, 0.3) is 11.8 Å². The van der Waals surface area contributed by atoms with Gasteiger partial charge in [-0.3, -0.25) is 9.59 Å². The number of benzene rings is 2. The molecule has 0 radical (unpaired) electrons. The molecule has 3 rings (SSSR count). The maximum Gasteiger partial charge on any atom is 0.267 e. The summed E-state index contributed by atoms with van der Waals surface area (Å²) in [6, 6.07) is 13.7. The average molecular weight is 267 g/mol. The number of aliphatic hydroxyl groups is 1. The second kappa shape index (κ2) is 4.58. The van der Waals surface area contributed by atoms with E-state index in [1.54, 1.807) is 36.4 Å². The molecule has 0 spiro atoms. The maximum absolute atomic E-state index is 12.5. The van der Waals surface area contributed by atoms with Crippen LogP contribution in [-0.2, 0) is 4.79 Å². The smallest absolute Gasteiger partial charge is 0.267 e. The van der Waals surface area contributed by atoms with Gasteiger partial charge in [-0.2, -0.15) is 0 Å². The molecule has 2 aromatic rings. The predicted octanol–water partition coefficient (Wildman–Crippen LogP) is 2.22. The van der Waals surface area contributed by atoms with E-state index in [-0.39, 0.29) is 0 Å². The molecule has 0 saturated heterocycles. The second-order valence-electron chi connectivity index (χ2n) is 4.80. The van der Waals surface area contributed by atoms with E-state index >= 15 is 0 Å². The predicted molar refractivity (Wildman–Crippen MR) is 74.4 cm³/mol. The van der Waals surface area contributed by atoms with Crippen molar-refractivity contribution in [3.8, 4) is 0 Å². The van der Waals surface area contributed by atoms with Gasteiger partial charge in [0.15, 0.2) is 6.10 Å². The van der Waals surface area contributed by atoms with E-state index in [2.05, 4.69) is 0 Å². The summed E-state index contributed by atoms with van der Waals surface area (Å²) in [5, 5.41) is 10.1. The first-order valence-electron chi connectivity index (χ1n) is 6.31. The van der Waals surface area contributed by atoms with Crippen LogP contribution in [0, 0.1) is 6.92 Å². The first-order valence-corrected chi connectivity index (χ1v) is 6.31. The quantitative estimate of drug-likeness (QED) is 0.806. The minimum absolute atomic E-state index is 0.361. The lowest BCUT2D eigenvalue weighted by atomic mass is 9.95. The van der Waals surface area contributed by atoms with Gasteiger partial charge in [-0.05, 0) is 25.1 Å². The Kier molecular flexibility index (Phi) is 2.88. The minimum atomic E-state index is -1.30. The molecule has 2 aromatic carbocycles. The Morgan fingerprint density at radius 3 is 2.35 bits per heavy atom. The Balaban J connectivity index is 2.12. The molecule has 0 aliphatic carbocycles. The highest BCUT2D eigenvalue weighted by Crippen LogP contribution is 2.31. The third kappa shape index (κ3) is 1.82. The van der Waals surface area contributed by atoms with Crippen molar-refractivity contribution >= 4 is 17.5 Å². The van der Waals surface area contributed by atoms with Gasteiger partial charge in [0.05, 0.1) is 5.69 Å². The number of fused-ring (bicyclic) bond motifs is 1. The summed E-state index contributed by atoms with van der Waals surface area (Å²) in [6.45, 7) is 1.92. The summed E-state index contributed by atoms with van der Waals surface area (Å²) in [5.74, 6) is -1.02. The van der Waals surface area contributed by atoms with Crippen molar-refractivity contribution in [1.29, 1.82) is 0 Å². The highest BCUT2D eigenvalue weighted by atomic mass is 16.3. The van der Waals surface area contributed by atoms with Gasteiger partial charge >= 0.3 is 0 Å². The van der Waals surface area contributed by atoms with Crippen molar-refractivity contribution in [2.45, 2.75) is 13.0 Å². The lowest BCUT2D eigenvalue weighted by Crippen LogP contribution is -2.45. The van der Waals surface area contributed by atoms with Crippen LogP contribution in [0.4, 0.5) is 5.69 Å². The van der Waals surface area contributed by atoms with Crippen LogP contribution in [0.3, 0.4) is 0 Å². The standard InChI is InChI=1S/C16H13NO3/c1-10-6-8-11(9-7-10)17-15(19)13-5-3-2-4-12(13)14(18)16(17)20/h2-9,14,18H,1H3. The Hall–Kier alpha value is -2.46. The summed E-state index contributed by atoms with van der Waals surface area (Å²) < 4.78 is 0. The van der Waals surface area contributed by atoms with E-state index in [9.17, 15) is 14.7 Å². The molecule has 1 N–H and O–H groups in total. The molecule has 100 valence electrons. The van der Waals surface area contributed by atoms with Crippen molar-refractivity contribution in [1.82, 2.24) is 0 Å². The number of hydrogen-bond acceptors (Lipinski definition) is 3. The highest BCUT2D eigenvalue weighted by molar-refractivity contribution is 6.25. The van der Waals surface area contributed by atoms with Gasteiger partial charge in [-0.25, -0.2) is 4.90 Å². The van der Waals surface area contributed by atoms with Crippen molar-refractivity contribution < 1.29 is 14.7 Å². The molecule has 1 aliphatic rings. The number of aryl methyl sites for hydroxylation is 1. The molecule has 4 nitrogen and oxygen atoms in total. The fourth-order valence-corrected chi connectivity index (χ4v) is 2.34. The molecular formula is C16H13NO3. The lowest BCUT2D eigenvalue weighted by Gasteiger charge is -2.30. The molecule has 0 bridgehead atoms. The van der Waals surface area contributed by atoms with Gasteiger partial charge in [0.2, 0.25) is 0 Å². The number of aliphatic hydroxyl groups excluding tert-OH is 1. The molecule has 1 aliphatic heterocycles. The molecular weight excluding hydrogens is 254 g/mol. The highest BCUT2D eigenvalue weighted by Gasteiger charge is 2.38. The normalized spacial score (nSPS) is 18.1. The topological polar surface area (TPSA) is 57.6 Å². The number of nitrogens with zero attached hydrogens (tertiary/aromatic N) is 1. The zero-order chi connectivity index (χ0) is 14.3.